The van der Waals surface area contributed by atoms with Crippen molar-refractivity contribution < 1.29 is 14.8 Å². The molecule has 0 unspecified atom stereocenters. The Labute approximate surface area is 117 Å². The Hall–Kier alpha value is -1.99. The number of nitro benzene ring substituents is 1. The Morgan fingerprint density at radius 2 is 2.16 bits per heavy atom. The topological polar surface area (TPSA) is 85.5 Å². The second-order valence-corrected chi connectivity index (χ2v) is 4.46. The number of aliphatic hydroxyl groups excluding tert-OH is 1. The molecular weight excluding hydrogens is 316 g/mol. The summed E-state index contributed by atoms with van der Waals surface area (Å²) in [6.07, 6.45) is 1.44. The first-order chi connectivity index (χ1) is 9.11. The molecule has 19 heavy (non-hydrogen) atoms. The van der Waals surface area contributed by atoms with Crippen LogP contribution in [0.4, 0.5) is 5.69 Å². The summed E-state index contributed by atoms with van der Waals surface area (Å²) in [5, 5.41) is 19.8. The summed E-state index contributed by atoms with van der Waals surface area (Å²) in [6, 6.07) is 7.71. The molecule has 1 aromatic carbocycles. The Morgan fingerprint density at radius 1 is 1.37 bits per heavy atom. The van der Waals surface area contributed by atoms with Crippen molar-refractivity contribution in [3.05, 3.63) is 56.7 Å². The van der Waals surface area contributed by atoms with E-state index in [4.69, 9.17) is 9.84 Å². The second-order valence-electron chi connectivity index (χ2n) is 3.61. The normalized spacial score (nSPS) is 10.2. The fourth-order valence-corrected chi connectivity index (χ4v) is 1.85. The molecule has 0 aliphatic heterocycles. The molecule has 98 valence electrons. The SMILES string of the molecule is O=[N+]([O-])c1cccc(Br)c1Oc1ccc(CO)cn1. The first-order valence-corrected chi connectivity index (χ1v) is 6.07. The third kappa shape index (κ3) is 3.07. The molecule has 0 bridgehead atoms. The van der Waals surface area contributed by atoms with E-state index in [0.29, 0.717) is 10.0 Å². The lowest BCUT2D eigenvalue weighted by molar-refractivity contribution is -0.385. The van der Waals surface area contributed by atoms with E-state index in [1.807, 2.05) is 0 Å². The smallest absolute Gasteiger partial charge is 0.312 e. The van der Waals surface area contributed by atoms with Crippen LogP contribution >= 0.6 is 15.9 Å². The van der Waals surface area contributed by atoms with Crippen LogP contribution in [0.2, 0.25) is 0 Å². The number of hydrogen-bond donors (Lipinski definition) is 1. The summed E-state index contributed by atoms with van der Waals surface area (Å²) in [6.45, 7) is -0.123. The Balaban J connectivity index is 2.34. The zero-order chi connectivity index (χ0) is 13.8. The molecule has 0 radical (unpaired) electrons. The van der Waals surface area contributed by atoms with Crippen molar-refractivity contribution in [1.29, 1.82) is 0 Å². The van der Waals surface area contributed by atoms with Crippen LogP contribution in [-0.2, 0) is 6.61 Å². The van der Waals surface area contributed by atoms with Gasteiger partial charge in [0.15, 0.2) is 0 Å². The lowest BCUT2D eigenvalue weighted by Gasteiger charge is -2.07. The van der Waals surface area contributed by atoms with Crippen LogP contribution in [0, 0.1) is 10.1 Å². The van der Waals surface area contributed by atoms with Gasteiger partial charge in [0.2, 0.25) is 11.6 Å². The number of para-hydroxylation sites is 1. The predicted octanol–water partition coefficient (Wildman–Crippen LogP) is 3.04. The van der Waals surface area contributed by atoms with E-state index >= 15 is 0 Å². The Bertz CT molecular complexity index is 601. The number of benzene rings is 1. The quantitative estimate of drug-likeness (QED) is 0.690. The largest absolute Gasteiger partial charge is 0.431 e. The van der Waals surface area contributed by atoms with Crippen LogP contribution in [-0.4, -0.2) is 15.0 Å². The van der Waals surface area contributed by atoms with Crippen LogP contribution in [0.5, 0.6) is 11.6 Å². The third-order valence-corrected chi connectivity index (χ3v) is 2.95. The maximum Gasteiger partial charge on any atom is 0.312 e. The maximum atomic E-state index is 10.9. The molecule has 1 heterocycles. The zero-order valence-corrected chi connectivity index (χ0v) is 11.2. The summed E-state index contributed by atoms with van der Waals surface area (Å²) in [7, 11) is 0. The molecule has 6 nitrogen and oxygen atoms in total. The molecule has 2 aromatic rings. The van der Waals surface area contributed by atoms with Crippen molar-refractivity contribution in [1.82, 2.24) is 4.98 Å². The standard InChI is InChI=1S/C12H9BrN2O4/c13-9-2-1-3-10(15(17)18)12(9)19-11-5-4-8(7-16)6-14-11/h1-6,16H,7H2. The number of ether oxygens (including phenoxy) is 1. The zero-order valence-electron chi connectivity index (χ0n) is 9.62. The molecule has 0 aliphatic rings. The highest BCUT2D eigenvalue weighted by Crippen LogP contribution is 2.37. The number of aliphatic hydroxyl groups is 1. The molecule has 0 fully saturated rings. The van der Waals surface area contributed by atoms with Crippen molar-refractivity contribution in [2.75, 3.05) is 0 Å². The van der Waals surface area contributed by atoms with E-state index in [-0.39, 0.29) is 23.9 Å². The van der Waals surface area contributed by atoms with Gasteiger partial charge in [-0.1, -0.05) is 6.07 Å². The van der Waals surface area contributed by atoms with Gasteiger partial charge in [-0.25, -0.2) is 4.98 Å². The van der Waals surface area contributed by atoms with Crippen LogP contribution in [0.15, 0.2) is 41.0 Å². The summed E-state index contributed by atoms with van der Waals surface area (Å²) < 4.78 is 5.89. The van der Waals surface area contributed by atoms with E-state index in [1.54, 1.807) is 18.2 Å². The van der Waals surface area contributed by atoms with Gasteiger partial charge in [-0.3, -0.25) is 10.1 Å². The van der Waals surface area contributed by atoms with Gasteiger partial charge in [0.05, 0.1) is 16.0 Å². The number of pyridine rings is 1. The minimum Gasteiger partial charge on any atom is -0.431 e. The first-order valence-electron chi connectivity index (χ1n) is 5.28. The molecule has 7 heteroatoms. The lowest BCUT2D eigenvalue weighted by Crippen LogP contribution is -1.96. The molecule has 0 aliphatic carbocycles. The molecule has 0 saturated carbocycles. The van der Waals surface area contributed by atoms with Gasteiger partial charge >= 0.3 is 5.69 Å². The third-order valence-electron chi connectivity index (χ3n) is 2.33. The van der Waals surface area contributed by atoms with Gasteiger partial charge in [0.25, 0.3) is 0 Å². The fraction of sp³-hybridized carbons (Fsp3) is 0.0833. The monoisotopic (exact) mass is 324 g/mol. The van der Waals surface area contributed by atoms with E-state index in [2.05, 4.69) is 20.9 Å². The highest BCUT2D eigenvalue weighted by molar-refractivity contribution is 9.10. The summed E-state index contributed by atoms with van der Waals surface area (Å²) >= 11 is 3.20. The number of aromatic nitrogens is 1. The minimum atomic E-state index is -0.526. The molecule has 2 rings (SSSR count). The lowest BCUT2D eigenvalue weighted by atomic mass is 10.3. The number of hydrogen-bond acceptors (Lipinski definition) is 5. The number of halogens is 1. The van der Waals surface area contributed by atoms with Crippen molar-refractivity contribution in [3.8, 4) is 11.6 Å². The van der Waals surface area contributed by atoms with E-state index in [9.17, 15) is 10.1 Å². The Morgan fingerprint density at radius 3 is 2.74 bits per heavy atom. The highest BCUT2D eigenvalue weighted by Gasteiger charge is 2.19. The Kier molecular flexibility index (Phi) is 4.08. The van der Waals surface area contributed by atoms with Crippen LogP contribution in [0.3, 0.4) is 0 Å². The molecule has 1 N–H and O–H groups in total. The number of nitro groups is 1. The average molecular weight is 325 g/mol. The first kappa shape index (κ1) is 13.4. The van der Waals surface area contributed by atoms with E-state index in [0.717, 1.165) is 0 Å². The predicted molar refractivity (Wildman–Crippen MR) is 71.0 cm³/mol. The number of nitrogens with zero attached hydrogens (tertiary/aromatic N) is 2. The van der Waals surface area contributed by atoms with Gasteiger partial charge in [-0.2, -0.15) is 0 Å². The highest BCUT2D eigenvalue weighted by atomic mass is 79.9. The van der Waals surface area contributed by atoms with Gasteiger partial charge in [0, 0.05) is 18.3 Å². The van der Waals surface area contributed by atoms with Gasteiger partial charge < -0.3 is 9.84 Å². The van der Waals surface area contributed by atoms with Crippen molar-refractivity contribution in [2.24, 2.45) is 0 Å². The van der Waals surface area contributed by atoms with E-state index < -0.39 is 4.92 Å². The second kappa shape index (κ2) is 5.77. The van der Waals surface area contributed by atoms with Crippen molar-refractivity contribution >= 4 is 21.6 Å². The van der Waals surface area contributed by atoms with Gasteiger partial charge in [-0.05, 0) is 33.6 Å². The molecule has 1 aromatic heterocycles. The summed E-state index contributed by atoms with van der Waals surface area (Å²) in [4.78, 5) is 14.4. The molecule has 0 amide bonds. The van der Waals surface area contributed by atoms with Crippen molar-refractivity contribution in [3.63, 3.8) is 0 Å². The maximum absolute atomic E-state index is 10.9. The molecule has 0 saturated heterocycles. The van der Waals surface area contributed by atoms with Crippen LogP contribution < -0.4 is 4.74 Å². The molecule has 0 spiro atoms. The van der Waals surface area contributed by atoms with Gasteiger partial charge in [0.1, 0.15) is 0 Å². The van der Waals surface area contributed by atoms with Crippen molar-refractivity contribution in [2.45, 2.75) is 6.61 Å². The minimum absolute atomic E-state index is 0.0942. The van der Waals surface area contributed by atoms with Crippen LogP contribution in [0.1, 0.15) is 5.56 Å². The van der Waals surface area contributed by atoms with E-state index in [1.165, 1.54) is 18.3 Å². The fourth-order valence-electron chi connectivity index (χ4n) is 1.41. The molecule has 0 atom stereocenters. The number of rotatable bonds is 4. The summed E-state index contributed by atoms with van der Waals surface area (Å²) in [5.41, 5.74) is 0.483. The molecular formula is C12H9BrN2O4. The van der Waals surface area contributed by atoms with Gasteiger partial charge in [-0.15, -0.1) is 0 Å². The average Bonchev–Trinajstić information content (AvgIpc) is 2.41. The summed E-state index contributed by atoms with van der Waals surface area (Å²) in [5.74, 6) is 0.309. The van der Waals surface area contributed by atoms with Crippen LogP contribution in [0.25, 0.3) is 0 Å².